The number of sulfonamides is 1. The van der Waals surface area contributed by atoms with Gasteiger partial charge in [-0.15, -0.1) is 0 Å². The number of pyridine rings is 1. The number of aromatic nitrogens is 1. The summed E-state index contributed by atoms with van der Waals surface area (Å²) in [4.78, 5) is 4.13. The Kier molecular flexibility index (Phi) is 4.42. The number of hydrogen-bond acceptors (Lipinski definition) is 4. The van der Waals surface area contributed by atoms with Crippen molar-refractivity contribution in [2.45, 2.75) is 43.5 Å². The molecule has 1 aromatic heterocycles. The Bertz CT molecular complexity index is 530. The van der Waals surface area contributed by atoms with Crippen LogP contribution in [0, 0.1) is 5.92 Å². The van der Waals surface area contributed by atoms with Gasteiger partial charge >= 0.3 is 0 Å². The van der Waals surface area contributed by atoms with E-state index in [0.717, 1.165) is 19.3 Å². The van der Waals surface area contributed by atoms with Crippen molar-refractivity contribution < 1.29 is 8.42 Å². The molecule has 1 aromatic rings. The van der Waals surface area contributed by atoms with Crippen molar-refractivity contribution in [2.24, 2.45) is 5.92 Å². The van der Waals surface area contributed by atoms with Gasteiger partial charge in [-0.1, -0.05) is 19.8 Å². The van der Waals surface area contributed by atoms with Crippen LogP contribution in [0.4, 0.5) is 5.69 Å². The molecule has 1 fully saturated rings. The van der Waals surface area contributed by atoms with E-state index in [0.29, 0.717) is 11.6 Å². The summed E-state index contributed by atoms with van der Waals surface area (Å²) >= 11 is 0. The molecule has 1 saturated carbocycles. The van der Waals surface area contributed by atoms with E-state index in [2.05, 4.69) is 21.9 Å². The molecular weight excluding hydrogens is 262 g/mol. The minimum absolute atomic E-state index is 0.0312. The fraction of sp³-hybridized carbons (Fsp3) is 0.615. The summed E-state index contributed by atoms with van der Waals surface area (Å²) in [5, 5.41) is 2.89. The smallest absolute Gasteiger partial charge is 0.244 e. The predicted octanol–water partition coefficient (Wildman–Crippen LogP) is 1.98. The Morgan fingerprint density at radius 1 is 1.32 bits per heavy atom. The van der Waals surface area contributed by atoms with Gasteiger partial charge < -0.3 is 5.32 Å². The molecule has 2 atom stereocenters. The number of hydrogen-bond donors (Lipinski definition) is 2. The molecule has 0 radical (unpaired) electrons. The molecule has 0 aliphatic heterocycles. The second kappa shape index (κ2) is 5.88. The highest BCUT2D eigenvalue weighted by Gasteiger charge is 2.28. The lowest BCUT2D eigenvalue weighted by atomic mass is 9.87. The highest BCUT2D eigenvalue weighted by molar-refractivity contribution is 7.89. The third kappa shape index (κ3) is 3.25. The van der Waals surface area contributed by atoms with Crippen molar-refractivity contribution in [1.82, 2.24) is 9.71 Å². The fourth-order valence-electron chi connectivity index (χ4n) is 2.55. The molecule has 1 heterocycles. The van der Waals surface area contributed by atoms with Gasteiger partial charge in [-0.3, -0.25) is 4.98 Å². The van der Waals surface area contributed by atoms with Crippen LogP contribution in [0.3, 0.4) is 0 Å². The van der Waals surface area contributed by atoms with Gasteiger partial charge in [0.15, 0.2) is 0 Å². The minimum atomic E-state index is -3.51. The summed E-state index contributed by atoms with van der Waals surface area (Å²) in [6.45, 7) is 2.11. The maximum Gasteiger partial charge on any atom is 0.244 e. The second-order valence-electron chi connectivity index (χ2n) is 5.11. The number of nitrogens with zero attached hydrogens (tertiary/aromatic N) is 1. The monoisotopic (exact) mass is 283 g/mol. The lowest BCUT2D eigenvalue weighted by Crippen LogP contribution is -2.41. The molecule has 2 rings (SSSR count). The summed E-state index contributed by atoms with van der Waals surface area (Å²) < 4.78 is 27.7. The van der Waals surface area contributed by atoms with Crippen molar-refractivity contribution in [3.05, 3.63) is 18.5 Å². The van der Waals surface area contributed by atoms with E-state index in [1.807, 2.05) is 0 Å². The summed E-state index contributed by atoms with van der Waals surface area (Å²) in [5.41, 5.74) is 0.575. The molecule has 5 nitrogen and oxygen atoms in total. The summed E-state index contributed by atoms with van der Waals surface area (Å²) in [7, 11) is -1.80. The number of anilines is 1. The van der Waals surface area contributed by atoms with Crippen molar-refractivity contribution >= 4 is 15.7 Å². The van der Waals surface area contributed by atoms with Crippen molar-refractivity contribution in [1.29, 1.82) is 0 Å². The maximum absolute atomic E-state index is 12.4. The Hall–Kier alpha value is -1.14. The van der Waals surface area contributed by atoms with Crippen LogP contribution in [0.2, 0.25) is 0 Å². The molecular formula is C13H21N3O2S. The molecule has 19 heavy (non-hydrogen) atoms. The van der Waals surface area contributed by atoms with E-state index in [-0.39, 0.29) is 10.9 Å². The van der Waals surface area contributed by atoms with Gasteiger partial charge in [0, 0.05) is 25.5 Å². The number of rotatable bonds is 4. The first-order valence-electron chi connectivity index (χ1n) is 6.68. The molecule has 0 bridgehead atoms. The standard InChI is InChI=1S/C13H21N3O2S/c1-10-5-3-4-6-11(10)16-19(17,18)13-9-15-8-7-12(13)14-2/h7-11,16H,3-6H2,1-2H3,(H,14,15). The SMILES string of the molecule is CNc1ccncc1S(=O)(=O)NC1CCCCC1C. The molecule has 0 amide bonds. The minimum Gasteiger partial charge on any atom is -0.387 e. The van der Waals surface area contributed by atoms with Crippen LogP contribution in [-0.2, 0) is 10.0 Å². The Balaban J connectivity index is 2.22. The fourth-order valence-corrected chi connectivity index (χ4v) is 4.09. The van der Waals surface area contributed by atoms with Crippen LogP contribution in [-0.4, -0.2) is 26.5 Å². The van der Waals surface area contributed by atoms with E-state index in [1.54, 1.807) is 19.3 Å². The first-order chi connectivity index (χ1) is 9.04. The summed E-state index contributed by atoms with van der Waals surface area (Å²) in [6, 6.07) is 1.70. The van der Waals surface area contributed by atoms with E-state index in [1.165, 1.54) is 12.6 Å². The molecule has 1 aliphatic rings. The predicted molar refractivity (Wildman–Crippen MR) is 75.5 cm³/mol. The van der Waals surface area contributed by atoms with E-state index in [9.17, 15) is 8.42 Å². The highest BCUT2D eigenvalue weighted by atomic mass is 32.2. The molecule has 106 valence electrons. The van der Waals surface area contributed by atoms with Crippen LogP contribution in [0.15, 0.2) is 23.4 Å². The van der Waals surface area contributed by atoms with E-state index >= 15 is 0 Å². The van der Waals surface area contributed by atoms with Gasteiger partial charge in [0.1, 0.15) is 4.90 Å². The van der Waals surface area contributed by atoms with Gasteiger partial charge in [0.2, 0.25) is 10.0 Å². The molecule has 2 unspecified atom stereocenters. The third-order valence-corrected chi connectivity index (χ3v) is 5.28. The van der Waals surface area contributed by atoms with Crippen LogP contribution in [0.5, 0.6) is 0 Å². The van der Waals surface area contributed by atoms with Gasteiger partial charge in [-0.2, -0.15) is 0 Å². The second-order valence-corrected chi connectivity index (χ2v) is 6.79. The average Bonchev–Trinajstić information content (AvgIpc) is 2.41. The van der Waals surface area contributed by atoms with Gasteiger partial charge in [-0.25, -0.2) is 13.1 Å². The lowest BCUT2D eigenvalue weighted by molar-refractivity contribution is 0.310. The third-order valence-electron chi connectivity index (χ3n) is 3.76. The Morgan fingerprint density at radius 2 is 2.05 bits per heavy atom. The molecule has 1 aliphatic carbocycles. The zero-order valence-electron chi connectivity index (χ0n) is 11.4. The van der Waals surface area contributed by atoms with Crippen LogP contribution < -0.4 is 10.0 Å². The average molecular weight is 283 g/mol. The zero-order chi connectivity index (χ0) is 13.9. The van der Waals surface area contributed by atoms with Crippen LogP contribution in [0.1, 0.15) is 32.6 Å². The quantitative estimate of drug-likeness (QED) is 0.886. The molecule has 0 saturated heterocycles. The van der Waals surface area contributed by atoms with Crippen molar-refractivity contribution in [3.8, 4) is 0 Å². The van der Waals surface area contributed by atoms with Crippen LogP contribution >= 0.6 is 0 Å². The molecule has 0 spiro atoms. The van der Waals surface area contributed by atoms with E-state index in [4.69, 9.17) is 0 Å². The van der Waals surface area contributed by atoms with Gasteiger partial charge in [-0.05, 0) is 24.8 Å². The Labute approximate surface area is 114 Å². The Morgan fingerprint density at radius 3 is 2.74 bits per heavy atom. The van der Waals surface area contributed by atoms with E-state index < -0.39 is 10.0 Å². The van der Waals surface area contributed by atoms with Gasteiger partial charge in [0.05, 0.1) is 5.69 Å². The molecule has 2 N–H and O–H groups in total. The lowest BCUT2D eigenvalue weighted by Gasteiger charge is -2.29. The molecule has 0 aromatic carbocycles. The largest absolute Gasteiger partial charge is 0.387 e. The first-order valence-corrected chi connectivity index (χ1v) is 8.17. The molecule has 6 heteroatoms. The maximum atomic E-state index is 12.4. The zero-order valence-corrected chi connectivity index (χ0v) is 12.2. The summed E-state index contributed by atoms with van der Waals surface area (Å²) in [5.74, 6) is 0.387. The highest BCUT2D eigenvalue weighted by Crippen LogP contribution is 2.26. The first kappa shape index (κ1) is 14.3. The normalized spacial score (nSPS) is 24.1. The summed E-state index contributed by atoms with van der Waals surface area (Å²) in [6.07, 6.45) is 7.24. The number of nitrogens with one attached hydrogen (secondary N) is 2. The van der Waals surface area contributed by atoms with Crippen molar-refractivity contribution in [2.75, 3.05) is 12.4 Å². The van der Waals surface area contributed by atoms with Crippen molar-refractivity contribution in [3.63, 3.8) is 0 Å². The van der Waals surface area contributed by atoms with Crippen LogP contribution in [0.25, 0.3) is 0 Å². The topological polar surface area (TPSA) is 71.1 Å². The van der Waals surface area contributed by atoms with Gasteiger partial charge in [0.25, 0.3) is 0 Å².